The zero-order valence-electron chi connectivity index (χ0n) is 11.4. The first-order valence-electron chi connectivity index (χ1n) is 6.89. The maximum atomic E-state index is 12.4. The van der Waals surface area contributed by atoms with E-state index in [1.54, 1.807) is 12.1 Å². The number of ether oxygens (including phenoxy) is 2. The zero-order valence-corrected chi connectivity index (χ0v) is 11.4. The van der Waals surface area contributed by atoms with Gasteiger partial charge >= 0.3 is 0 Å². The minimum Gasteiger partial charge on any atom is -0.486 e. The van der Waals surface area contributed by atoms with Crippen LogP contribution in [0.25, 0.3) is 0 Å². The molecule has 0 spiro atoms. The Bertz CT molecular complexity index is 513. The number of benzene rings is 1. The molecule has 108 valence electrons. The Hall–Kier alpha value is -1.79. The van der Waals surface area contributed by atoms with Gasteiger partial charge in [0, 0.05) is 43.5 Å². The highest BCUT2D eigenvalue weighted by Crippen LogP contribution is 2.34. The second-order valence-electron chi connectivity index (χ2n) is 5.03. The molecule has 3 N–H and O–H groups in total. The monoisotopic (exact) mass is 277 g/mol. The molecule has 0 atom stereocenters. The van der Waals surface area contributed by atoms with Gasteiger partial charge in [0.15, 0.2) is 17.3 Å². The van der Waals surface area contributed by atoms with E-state index in [1.165, 1.54) is 0 Å². The molecule has 0 aliphatic carbocycles. The lowest BCUT2D eigenvalue weighted by Crippen LogP contribution is -2.45. The average Bonchev–Trinajstić information content (AvgIpc) is 2.47. The number of nitrogens with one attached hydrogen (secondary N) is 1. The predicted molar refractivity (Wildman–Crippen MR) is 75.5 cm³/mol. The smallest absolute Gasteiger partial charge is 0.179 e. The molecular formula is C14H19N3O3. The van der Waals surface area contributed by atoms with Gasteiger partial charge in [-0.3, -0.25) is 9.69 Å². The molecule has 2 aliphatic heterocycles. The Labute approximate surface area is 117 Å². The second kappa shape index (κ2) is 5.68. The molecule has 1 aromatic carbocycles. The minimum atomic E-state index is 0.0290. The number of nitrogens with two attached hydrogens (primary N) is 1. The fourth-order valence-corrected chi connectivity index (χ4v) is 2.50. The van der Waals surface area contributed by atoms with Crippen molar-refractivity contribution < 1.29 is 14.3 Å². The molecule has 0 unspecified atom stereocenters. The van der Waals surface area contributed by atoms with Crippen molar-refractivity contribution in [3.63, 3.8) is 0 Å². The van der Waals surface area contributed by atoms with E-state index in [-0.39, 0.29) is 5.78 Å². The van der Waals surface area contributed by atoms with Crippen LogP contribution in [-0.4, -0.2) is 56.6 Å². The van der Waals surface area contributed by atoms with Crippen molar-refractivity contribution in [1.82, 2.24) is 10.2 Å². The number of ketones is 1. The fourth-order valence-electron chi connectivity index (χ4n) is 2.50. The molecule has 1 aromatic rings. The van der Waals surface area contributed by atoms with Gasteiger partial charge in [-0.25, -0.2) is 0 Å². The van der Waals surface area contributed by atoms with Crippen molar-refractivity contribution in [2.75, 3.05) is 51.7 Å². The van der Waals surface area contributed by atoms with Gasteiger partial charge in [0.05, 0.1) is 6.54 Å². The van der Waals surface area contributed by atoms with Crippen LogP contribution in [-0.2, 0) is 0 Å². The van der Waals surface area contributed by atoms with E-state index in [4.69, 9.17) is 15.2 Å². The molecule has 0 bridgehead atoms. The summed E-state index contributed by atoms with van der Waals surface area (Å²) >= 11 is 0. The van der Waals surface area contributed by atoms with Crippen molar-refractivity contribution in [1.29, 1.82) is 0 Å². The summed E-state index contributed by atoms with van der Waals surface area (Å²) in [7, 11) is 0. The fraction of sp³-hybridized carbons (Fsp3) is 0.500. The number of nitrogens with zero attached hydrogens (tertiary/aromatic N) is 1. The van der Waals surface area contributed by atoms with E-state index in [0.29, 0.717) is 42.5 Å². The Morgan fingerprint density at radius 1 is 1.20 bits per heavy atom. The maximum Gasteiger partial charge on any atom is 0.179 e. The van der Waals surface area contributed by atoms with Crippen LogP contribution in [0.4, 0.5) is 5.69 Å². The average molecular weight is 277 g/mol. The first-order valence-corrected chi connectivity index (χ1v) is 6.89. The lowest BCUT2D eigenvalue weighted by Gasteiger charge is -2.27. The third-order valence-corrected chi connectivity index (χ3v) is 3.59. The molecule has 0 radical (unpaired) electrons. The first-order chi connectivity index (χ1) is 9.74. The molecule has 6 heteroatoms. The Morgan fingerprint density at radius 2 is 1.85 bits per heavy atom. The number of carbonyl (C=O) groups excluding carboxylic acids is 1. The normalized spacial score (nSPS) is 18.8. The summed E-state index contributed by atoms with van der Waals surface area (Å²) in [6.07, 6.45) is 0. The summed E-state index contributed by atoms with van der Waals surface area (Å²) in [5, 5.41) is 3.27. The van der Waals surface area contributed by atoms with Crippen molar-refractivity contribution in [2.24, 2.45) is 0 Å². The summed E-state index contributed by atoms with van der Waals surface area (Å²) in [6.45, 7) is 5.02. The number of Topliss-reactive ketones (excluding diaryl/α,β-unsaturated/α-hetero) is 1. The molecule has 2 aliphatic rings. The van der Waals surface area contributed by atoms with Gasteiger partial charge < -0.3 is 20.5 Å². The first kappa shape index (κ1) is 13.2. The largest absolute Gasteiger partial charge is 0.486 e. The molecular weight excluding hydrogens is 258 g/mol. The number of anilines is 1. The van der Waals surface area contributed by atoms with Crippen molar-refractivity contribution in [3.8, 4) is 11.5 Å². The number of hydrogen-bond donors (Lipinski definition) is 2. The molecule has 6 nitrogen and oxygen atoms in total. The van der Waals surface area contributed by atoms with Crippen molar-refractivity contribution in [2.45, 2.75) is 0 Å². The molecule has 1 fully saturated rings. The Morgan fingerprint density at radius 3 is 2.55 bits per heavy atom. The zero-order chi connectivity index (χ0) is 13.9. The molecule has 0 aromatic heterocycles. The van der Waals surface area contributed by atoms with Gasteiger partial charge in [-0.15, -0.1) is 0 Å². The lowest BCUT2D eigenvalue weighted by molar-refractivity contribution is 0.0921. The van der Waals surface area contributed by atoms with Crippen LogP contribution < -0.4 is 20.5 Å². The van der Waals surface area contributed by atoms with Crippen molar-refractivity contribution >= 4 is 11.5 Å². The predicted octanol–water partition coefficient (Wildman–Crippen LogP) is 0.128. The number of fused-ring (bicyclic) bond motifs is 1. The van der Waals surface area contributed by atoms with Gasteiger partial charge in [-0.2, -0.15) is 0 Å². The summed E-state index contributed by atoms with van der Waals surface area (Å²) in [5.41, 5.74) is 6.94. The molecule has 20 heavy (non-hydrogen) atoms. The van der Waals surface area contributed by atoms with E-state index in [9.17, 15) is 4.79 Å². The Kier molecular flexibility index (Phi) is 3.75. The summed E-state index contributed by atoms with van der Waals surface area (Å²) in [4.78, 5) is 14.5. The van der Waals surface area contributed by atoms with E-state index in [1.807, 2.05) is 0 Å². The lowest BCUT2D eigenvalue weighted by atomic mass is 10.1. The van der Waals surface area contributed by atoms with Crippen LogP contribution >= 0.6 is 0 Å². The van der Waals surface area contributed by atoms with Gasteiger partial charge in [0.2, 0.25) is 0 Å². The number of piperazine rings is 1. The van der Waals surface area contributed by atoms with E-state index < -0.39 is 0 Å². The minimum absolute atomic E-state index is 0.0290. The highest BCUT2D eigenvalue weighted by molar-refractivity contribution is 6.02. The topological polar surface area (TPSA) is 76.8 Å². The van der Waals surface area contributed by atoms with E-state index >= 15 is 0 Å². The number of hydrogen-bond acceptors (Lipinski definition) is 6. The summed E-state index contributed by atoms with van der Waals surface area (Å²) in [5.74, 6) is 1.25. The number of nitrogen functional groups attached to an aromatic ring is 1. The van der Waals surface area contributed by atoms with E-state index in [0.717, 1.165) is 26.2 Å². The van der Waals surface area contributed by atoms with Crippen LogP contribution in [0.5, 0.6) is 11.5 Å². The number of rotatable bonds is 3. The van der Waals surface area contributed by atoms with Crippen LogP contribution in [0.3, 0.4) is 0 Å². The Balaban J connectivity index is 1.76. The van der Waals surface area contributed by atoms with Crippen LogP contribution in [0.2, 0.25) is 0 Å². The number of carbonyl (C=O) groups is 1. The van der Waals surface area contributed by atoms with Gasteiger partial charge in [-0.05, 0) is 6.07 Å². The highest BCUT2D eigenvalue weighted by Gasteiger charge is 2.20. The summed E-state index contributed by atoms with van der Waals surface area (Å²) in [6, 6.07) is 3.38. The molecule has 2 heterocycles. The summed E-state index contributed by atoms with van der Waals surface area (Å²) < 4.78 is 11.0. The molecule has 1 saturated heterocycles. The standard InChI is InChI=1S/C14H19N3O3/c15-11-8-14-13(19-5-6-20-14)7-10(11)12(18)9-17-3-1-16-2-4-17/h7-8,16H,1-6,9,15H2. The second-order valence-corrected chi connectivity index (χ2v) is 5.03. The van der Waals surface area contributed by atoms with Gasteiger partial charge in [-0.1, -0.05) is 0 Å². The molecule has 0 amide bonds. The van der Waals surface area contributed by atoms with Gasteiger partial charge in [0.1, 0.15) is 13.2 Å². The van der Waals surface area contributed by atoms with Crippen molar-refractivity contribution in [3.05, 3.63) is 17.7 Å². The van der Waals surface area contributed by atoms with E-state index in [2.05, 4.69) is 10.2 Å². The maximum absolute atomic E-state index is 12.4. The quantitative estimate of drug-likeness (QED) is 0.604. The van der Waals surface area contributed by atoms with Gasteiger partial charge in [0.25, 0.3) is 0 Å². The van der Waals surface area contributed by atoms with Crippen LogP contribution in [0, 0.1) is 0 Å². The van der Waals surface area contributed by atoms with Crippen LogP contribution in [0.15, 0.2) is 12.1 Å². The van der Waals surface area contributed by atoms with Crippen LogP contribution in [0.1, 0.15) is 10.4 Å². The molecule has 3 rings (SSSR count). The third kappa shape index (κ3) is 2.71. The third-order valence-electron chi connectivity index (χ3n) is 3.59. The SMILES string of the molecule is Nc1cc2c(cc1C(=O)CN1CCNCC1)OCCO2. The molecule has 0 saturated carbocycles. The highest BCUT2D eigenvalue weighted by atomic mass is 16.6.